The molecule has 0 saturated carbocycles. The number of morpholine rings is 3. The van der Waals surface area contributed by atoms with Crippen molar-refractivity contribution < 1.29 is 40.6 Å². The van der Waals surface area contributed by atoms with E-state index in [1.807, 2.05) is 12.1 Å². The standard InChI is InChI=1S/C22H28F3N7O2.C22H30F3N7O/c23-22(24,25)17-2-1-3-26-20(17)31-6-4-29(5-7-31)18-16-19(30-8-12-33-13-9-30)28-21(27-18)32-10-14-34-15-11-32;1-3-29(4-2)18-16-19(28-21(27-18)32-12-14-33-15-13-32)30-8-10-31(11-9-30)20-17(22(23,24)25)6-5-7-26-20/h1-3,16H,4-15H2;5-7,16H,3-4,8-15H2,1-2H3. The molecule has 5 aliphatic heterocycles. The van der Waals surface area contributed by atoms with E-state index in [4.69, 9.17) is 34.1 Å². The highest BCUT2D eigenvalue weighted by Gasteiger charge is 2.38. The average Bonchev–Trinajstić information content (AvgIpc) is 3.37. The lowest BCUT2D eigenvalue weighted by molar-refractivity contribution is -0.138. The van der Waals surface area contributed by atoms with Crippen LogP contribution in [0, 0.1) is 0 Å². The largest absolute Gasteiger partial charge is 0.419 e. The average molecular weight is 945 g/mol. The van der Waals surface area contributed by atoms with Crippen LogP contribution in [0.3, 0.4) is 0 Å². The van der Waals surface area contributed by atoms with Crippen LogP contribution in [0.4, 0.5) is 73.1 Å². The Balaban J connectivity index is 0.000000182. The molecular weight excluding hydrogens is 887 g/mol. The minimum Gasteiger partial charge on any atom is -0.378 e. The van der Waals surface area contributed by atoms with Crippen molar-refractivity contribution in [2.75, 3.05) is 184 Å². The molecule has 0 bridgehead atoms. The van der Waals surface area contributed by atoms with Gasteiger partial charge in [0.1, 0.15) is 34.9 Å². The molecule has 9 heterocycles. The van der Waals surface area contributed by atoms with Crippen LogP contribution in [0.2, 0.25) is 0 Å². The smallest absolute Gasteiger partial charge is 0.378 e. The van der Waals surface area contributed by atoms with Gasteiger partial charge >= 0.3 is 12.4 Å². The molecule has 5 fully saturated rings. The summed E-state index contributed by atoms with van der Waals surface area (Å²) in [5.41, 5.74) is -1.39. The van der Waals surface area contributed by atoms with Gasteiger partial charge in [-0.2, -0.15) is 46.3 Å². The lowest BCUT2D eigenvalue weighted by Gasteiger charge is -2.38. The molecule has 0 radical (unpaired) electrons. The second-order valence-electron chi connectivity index (χ2n) is 16.4. The predicted molar refractivity (Wildman–Crippen MR) is 244 cm³/mol. The molecular formula is C44H58F6N14O3. The van der Waals surface area contributed by atoms with Gasteiger partial charge in [0, 0.05) is 129 Å². The molecule has 0 N–H and O–H groups in total. The summed E-state index contributed by atoms with van der Waals surface area (Å²) in [5, 5.41) is 0. The molecule has 17 nitrogen and oxygen atoms in total. The fourth-order valence-electron chi connectivity index (χ4n) is 8.65. The maximum absolute atomic E-state index is 13.5. The Bertz CT molecular complexity index is 2170. The van der Waals surface area contributed by atoms with E-state index < -0.39 is 23.5 Å². The van der Waals surface area contributed by atoms with Gasteiger partial charge in [0.2, 0.25) is 11.9 Å². The van der Waals surface area contributed by atoms with Crippen molar-refractivity contribution in [3.8, 4) is 0 Å². The van der Waals surface area contributed by atoms with E-state index in [9.17, 15) is 26.3 Å². The molecule has 9 rings (SSSR count). The summed E-state index contributed by atoms with van der Waals surface area (Å²) in [7, 11) is 0. The predicted octanol–water partition coefficient (Wildman–Crippen LogP) is 4.79. The van der Waals surface area contributed by atoms with Gasteiger partial charge in [0.05, 0.1) is 50.8 Å². The molecule has 0 amide bonds. The molecule has 0 atom stereocenters. The second-order valence-corrected chi connectivity index (χ2v) is 16.4. The van der Waals surface area contributed by atoms with Crippen LogP contribution in [0.5, 0.6) is 0 Å². The SMILES string of the molecule is CCN(CC)c1cc(N2CCN(c3ncccc3C(F)(F)F)CC2)nc(N2CCOCC2)n1.FC(F)(F)c1cccnc1N1CCN(c2cc(N3CCOCC3)nc(N3CCOCC3)n2)CC1. The van der Waals surface area contributed by atoms with Gasteiger partial charge < -0.3 is 53.4 Å². The maximum atomic E-state index is 13.5. The van der Waals surface area contributed by atoms with E-state index >= 15 is 0 Å². The van der Waals surface area contributed by atoms with E-state index in [-0.39, 0.29) is 11.6 Å². The van der Waals surface area contributed by atoms with Gasteiger partial charge in [-0.05, 0) is 38.1 Å². The number of pyridine rings is 2. The third kappa shape index (κ3) is 11.7. The van der Waals surface area contributed by atoms with Crippen molar-refractivity contribution in [2.24, 2.45) is 0 Å². The van der Waals surface area contributed by atoms with Crippen LogP contribution < -0.4 is 39.2 Å². The Morgan fingerprint density at radius 1 is 0.463 bits per heavy atom. The van der Waals surface area contributed by atoms with Crippen LogP contribution >= 0.6 is 0 Å². The third-order valence-corrected chi connectivity index (χ3v) is 12.4. The molecule has 0 spiro atoms. The van der Waals surface area contributed by atoms with Gasteiger partial charge in [-0.25, -0.2) is 9.97 Å². The Morgan fingerprint density at radius 3 is 1.19 bits per heavy atom. The highest BCUT2D eigenvalue weighted by molar-refractivity contribution is 5.59. The minimum absolute atomic E-state index is 0.00910. The van der Waals surface area contributed by atoms with Gasteiger partial charge in [-0.1, -0.05) is 0 Å². The van der Waals surface area contributed by atoms with Gasteiger partial charge in [-0.15, -0.1) is 0 Å². The first-order chi connectivity index (χ1) is 32.4. The topological polar surface area (TPSA) is 131 Å². The van der Waals surface area contributed by atoms with E-state index in [2.05, 4.69) is 53.2 Å². The Hall–Kier alpha value is -5.68. The monoisotopic (exact) mass is 944 g/mol. The lowest BCUT2D eigenvalue weighted by Crippen LogP contribution is -2.48. The van der Waals surface area contributed by atoms with Crippen LogP contribution in [-0.4, -0.2) is 174 Å². The van der Waals surface area contributed by atoms with Gasteiger partial charge in [0.25, 0.3) is 0 Å². The molecule has 4 aromatic rings. The molecule has 23 heteroatoms. The van der Waals surface area contributed by atoms with Crippen LogP contribution in [0.25, 0.3) is 0 Å². The molecule has 364 valence electrons. The Morgan fingerprint density at radius 2 is 0.806 bits per heavy atom. The number of aromatic nitrogens is 6. The second kappa shape index (κ2) is 21.5. The van der Waals surface area contributed by atoms with E-state index in [1.54, 1.807) is 9.80 Å². The summed E-state index contributed by atoms with van der Waals surface area (Å²) in [6.07, 6.45) is -6.05. The molecule has 0 unspecified atom stereocenters. The molecule has 0 aromatic carbocycles. The van der Waals surface area contributed by atoms with E-state index in [0.29, 0.717) is 104 Å². The zero-order valence-corrected chi connectivity index (χ0v) is 37.9. The quantitative estimate of drug-likeness (QED) is 0.202. The number of hydrogen-bond donors (Lipinski definition) is 0. The number of halogens is 6. The number of anilines is 8. The molecule has 0 aliphatic carbocycles. The number of ether oxygens (including phenoxy) is 3. The zero-order valence-electron chi connectivity index (χ0n) is 37.9. The first-order valence-electron chi connectivity index (χ1n) is 22.9. The molecule has 67 heavy (non-hydrogen) atoms. The highest BCUT2D eigenvalue weighted by Crippen LogP contribution is 2.37. The number of piperazine rings is 2. The van der Waals surface area contributed by atoms with E-state index in [1.165, 1.54) is 24.5 Å². The summed E-state index contributed by atoms with van der Waals surface area (Å²) in [4.78, 5) is 43.6. The Labute approximate surface area is 386 Å². The summed E-state index contributed by atoms with van der Waals surface area (Å²) in [5.74, 6) is 4.60. The first kappa shape index (κ1) is 47.8. The van der Waals surface area contributed by atoms with Crippen LogP contribution in [-0.2, 0) is 26.6 Å². The first-order valence-corrected chi connectivity index (χ1v) is 22.9. The maximum Gasteiger partial charge on any atom is 0.419 e. The molecule has 5 aliphatic rings. The fourth-order valence-corrected chi connectivity index (χ4v) is 8.65. The lowest BCUT2D eigenvalue weighted by atomic mass is 10.2. The van der Waals surface area contributed by atoms with Crippen molar-refractivity contribution in [3.63, 3.8) is 0 Å². The fraction of sp³-hybridized carbons (Fsp3) is 0.591. The third-order valence-electron chi connectivity index (χ3n) is 12.4. The summed E-state index contributed by atoms with van der Waals surface area (Å²) < 4.78 is 97.2. The molecule has 4 aromatic heterocycles. The number of nitrogens with zero attached hydrogens (tertiary/aromatic N) is 14. The minimum atomic E-state index is -4.44. The molecule has 5 saturated heterocycles. The highest BCUT2D eigenvalue weighted by atomic mass is 19.4. The van der Waals surface area contributed by atoms with Crippen molar-refractivity contribution in [1.82, 2.24) is 29.9 Å². The van der Waals surface area contributed by atoms with Crippen molar-refractivity contribution in [2.45, 2.75) is 26.2 Å². The zero-order chi connectivity index (χ0) is 47.0. The summed E-state index contributed by atoms with van der Waals surface area (Å²) in [6, 6.07) is 8.78. The van der Waals surface area contributed by atoms with Crippen LogP contribution in [0.1, 0.15) is 25.0 Å². The number of alkyl halides is 6. The Kier molecular flexibility index (Phi) is 15.4. The van der Waals surface area contributed by atoms with Crippen molar-refractivity contribution >= 4 is 46.8 Å². The van der Waals surface area contributed by atoms with E-state index in [0.717, 1.165) is 87.8 Å². The normalized spacial score (nSPS) is 18.8. The van der Waals surface area contributed by atoms with Crippen molar-refractivity contribution in [1.29, 1.82) is 0 Å². The number of rotatable bonds is 10. The number of hydrogen-bond acceptors (Lipinski definition) is 17. The van der Waals surface area contributed by atoms with Gasteiger partial charge in [-0.3, -0.25) is 0 Å². The van der Waals surface area contributed by atoms with Crippen molar-refractivity contribution in [3.05, 3.63) is 59.9 Å². The van der Waals surface area contributed by atoms with Gasteiger partial charge in [0.15, 0.2) is 0 Å². The van der Waals surface area contributed by atoms with Crippen LogP contribution in [0.15, 0.2) is 48.8 Å². The summed E-state index contributed by atoms with van der Waals surface area (Å²) in [6.45, 7) is 17.9. The summed E-state index contributed by atoms with van der Waals surface area (Å²) >= 11 is 0.